The van der Waals surface area contributed by atoms with Crippen LogP contribution in [0.25, 0.3) is 0 Å². The Morgan fingerprint density at radius 3 is 1.58 bits per heavy atom. The fraction of sp³-hybridized carbons (Fsp3) is 0.500. The maximum atomic E-state index is 5.90. The molecule has 140 valence electrons. The molecule has 3 rings (SSSR count). The van der Waals surface area contributed by atoms with E-state index in [4.69, 9.17) is 9.31 Å². The Hall–Kier alpha value is -1.78. The smallest absolute Gasteiger partial charge is 0.399 e. The van der Waals surface area contributed by atoms with Gasteiger partial charge in [0.25, 0.3) is 0 Å². The summed E-state index contributed by atoms with van der Waals surface area (Å²) < 4.78 is 12.7. The van der Waals surface area contributed by atoms with Gasteiger partial charge in [-0.15, -0.1) is 0 Å². The topological polar surface area (TPSA) is 94.1 Å². The summed E-state index contributed by atoms with van der Waals surface area (Å²) in [5.74, 6) is 1.23. The molecule has 0 atom stereocenters. The van der Waals surface area contributed by atoms with E-state index in [-0.39, 0.29) is 11.2 Å². The van der Waals surface area contributed by atoms with E-state index in [1.165, 1.54) is 0 Å². The van der Waals surface area contributed by atoms with Crippen molar-refractivity contribution in [2.24, 2.45) is 0 Å². The molecule has 0 spiro atoms. The second-order valence-corrected chi connectivity index (χ2v) is 7.57. The first-order valence-corrected chi connectivity index (χ1v) is 8.98. The van der Waals surface area contributed by atoms with E-state index in [1.807, 2.05) is 27.7 Å². The fourth-order valence-corrected chi connectivity index (χ4v) is 2.21. The van der Waals surface area contributed by atoms with Gasteiger partial charge in [-0.3, -0.25) is 0 Å². The molecule has 2 N–H and O–H groups in total. The molecule has 0 amide bonds. The van der Waals surface area contributed by atoms with Crippen LogP contribution in [-0.4, -0.2) is 52.4 Å². The molecule has 1 aliphatic rings. The highest BCUT2D eigenvalue weighted by atomic mass is 79.9. The van der Waals surface area contributed by atoms with Gasteiger partial charge in [-0.25, -0.2) is 19.9 Å². The second-order valence-electron chi connectivity index (χ2n) is 6.65. The third-order valence-electron chi connectivity index (χ3n) is 4.26. The predicted molar refractivity (Wildman–Crippen MR) is 107 cm³/mol. The summed E-state index contributed by atoms with van der Waals surface area (Å²) in [5, 5.41) is 5.68. The number of nitrogens with one attached hydrogen (secondary N) is 2. The van der Waals surface area contributed by atoms with E-state index in [1.54, 1.807) is 38.9 Å². The number of anilines is 2. The lowest BCUT2D eigenvalue weighted by Crippen LogP contribution is -2.41. The Labute approximate surface area is 162 Å². The molecule has 0 unspecified atom stereocenters. The first kappa shape index (κ1) is 20.5. The first-order valence-electron chi connectivity index (χ1n) is 8.19. The number of hydrogen-bond acceptors (Lipinski definition) is 8. The van der Waals surface area contributed by atoms with Crippen molar-refractivity contribution in [2.75, 3.05) is 24.7 Å². The maximum Gasteiger partial charge on any atom is 0.498 e. The van der Waals surface area contributed by atoms with E-state index in [9.17, 15) is 0 Å². The minimum absolute atomic E-state index is 0.334. The van der Waals surface area contributed by atoms with Crippen LogP contribution in [0.1, 0.15) is 27.7 Å². The molecule has 2 aromatic heterocycles. The van der Waals surface area contributed by atoms with Gasteiger partial charge in [-0.1, -0.05) is 0 Å². The summed E-state index contributed by atoms with van der Waals surface area (Å²) in [7, 11) is 3.17. The van der Waals surface area contributed by atoms with Crippen molar-refractivity contribution in [1.82, 2.24) is 19.9 Å². The van der Waals surface area contributed by atoms with Gasteiger partial charge in [0.2, 0.25) is 11.9 Å². The van der Waals surface area contributed by atoms with Crippen molar-refractivity contribution >= 4 is 40.4 Å². The van der Waals surface area contributed by atoms with Crippen LogP contribution in [0.3, 0.4) is 0 Å². The third kappa shape index (κ3) is 4.90. The first-order chi connectivity index (χ1) is 12.2. The maximum absolute atomic E-state index is 5.90. The highest BCUT2D eigenvalue weighted by molar-refractivity contribution is 9.10. The van der Waals surface area contributed by atoms with Crippen LogP contribution in [0.2, 0.25) is 0 Å². The van der Waals surface area contributed by atoms with Gasteiger partial charge >= 0.3 is 7.12 Å². The highest BCUT2D eigenvalue weighted by Gasteiger charge is 2.51. The summed E-state index contributed by atoms with van der Waals surface area (Å²) in [6, 6.07) is 0. The number of rotatable bonds is 3. The monoisotopic (exact) mass is 422 g/mol. The van der Waals surface area contributed by atoms with Gasteiger partial charge in [0.1, 0.15) is 0 Å². The molecule has 26 heavy (non-hydrogen) atoms. The second kappa shape index (κ2) is 8.28. The van der Waals surface area contributed by atoms with Gasteiger partial charge < -0.3 is 19.9 Å². The third-order valence-corrected chi connectivity index (χ3v) is 4.67. The molecule has 10 heteroatoms. The van der Waals surface area contributed by atoms with E-state index in [0.29, 0.717) is 11.9 Å². The van der Waals surface area contributed by atoms with E-state index in [0.717, 1.165) is 9.94 Å². The lowest BCUT2D eigenvalue weighted by molar-refractivity contribution is 0.00578. The summed E-state index contributed by atoms with van der Waals surface area (Å²) in [4.78, 5) is 16.2. The molecule has 0 saturated carbocycles. The van der Waals surface area contributed by atoms with Crippen molar-refractivity contribution in [2.45, 2.75) is 38.9 Å². The molecule has 0 radical (unpaired) electrons. The normalized spacial score (nSPS) is 17.3. The highest BCUT2D eigenvalue weighted by Crippen LogP contribution is 2.36. The SMILES string of the molecule is CNc1ncc(B2OC(C)(C)C(C)(C)O2)cn1.CNc1ncc(Br)cn1. The Morgan fingerprint density at radius 2 is 1.19 bits per heavy atom. The molecular formula is C16H24BBrN6O2. The van der Waals surface area contributed by atoms with Crippen LogP contribution < -0.4 is 16.1 Å². The van der Waals surface area contributed by atoms with Gasteiger partial charge in [-0.2, -0.15) is 0 Å². The van der Waals surface area contributed by atoms with Gasteiger partial charge in [0.05, 0.1) is 15.7 Å². The van der Waals surface area contributed by atoms with Crippen LogP contribution in [0.5, 0.6) is 0 Å². The van der Waals surface area contributed by atoms with Crippen molar-refractivity contribution in [3.63, 3.8) is 0 Å². The largest absolute Gasteiger partial charge is 0.498 e. The van der Waals surface area contributed by atoms with Crippen LogP contribution in [0.4, 0.5) is 11.9 Å². The summed E-state index contributed by atoms with van der Waals surface area (Å²) in [5.41, 5.74) is 0.168. The minimum Gasteiger partial charge on any atom is -0.399 e. The zero-order chi connectivity index (χ0) is 19.4. The zero-order valence-corrected chi connectivity index (χ0v) is 17.5. The Bertz CT molecular complexity index is 696. The average molecular weight is 423 g/mol. The molecule has 0 bridgehead atoms. The van der Waals surface area contributed by atoms with Crippen molar-refractivity contribution in [1.29, 1.82) is 0 Å². The molecule has 3 heterocycles. The molecular weight excluding hydrogens is 399 g/mol. The Balaban J connectivity index is 0.000000228. The molecule has 0 aromatic carbocycles. The van der Waals surface area contributed by atoms with Crippen molar-refractivity contribution < 1.29 is 9.31 Å². The summed E-state index contributed by atoms with van der Waals surface area (Å²) in [6.07, 6.45) is 6.83. The Kier molecular flexibility index (Phi) is 6.54. The van der Waals surface area contributed by atoms with E-state index < -0.39 is 7.12 Å². The molecule has 2 aromatic rings. The number of nitrogens with zero attached hydrogens (tertiary/aromatic N) is 4. The van der Waals surface area contributed by atoms with Crippen LogP contribution >= 0.6 is 15.9 Å². The number of hydrogen-bond donors (Lipinski definition) is 2. The number of halogens is 1. The van der Waals surface area contributed by atoms with E-state index in [2.05, 4.69) is 46.5 Å². The molecule has 1 aliphatic heterocycles. The lowest BCUT2D eigenvalue weighted by Gasteiger charge is -2.32. The number of aromatic nitrogens is 4. The lowest BCUT2D eigenvalue weighted by atomic mass is 9.81. The van der Waals surface area contributed by atoms with Crippen LogP contribution in [-0.2, 0) is 9.31 Å². The fourth-order valence-electron chi connectivity index (χ4n) is 2.01. The zero-order valence-electron chi connectivity index (χ0n) is 15.9. The van der Waals surface area contributed by atoms with Gasteiger partial charge in [0, 0.05) is 44.3 Å². The standard InChI is InChI=1S/C11H18BN3O2.C5H6BrN3/c1-10(2)11(3,4)17-12(16-10)8-6-14-9(13-5)15-7-8;1-7-5-8-2-4(6)3-9-5/h6-7H,1-5H3,(H,13,14,15);2-3H,1H3,(H,7,8,9). The van der Waals surface area contributed by atoms with Gasteiger partial charge in [-0.05, 0) is 43.6 Å². The van der Waals surface area contributed by atoms with Crippen molar-refractivity contribution in [3.8, 4) is 0 Å². The molecule has 1 fully saturated rings. The summed E-state index contributed by atoms with van der Waals surface area (Å²) in [6.45, 7) is 8.09. The minimum atomic E-state index is -0.397. The summed E-state index contributed by atoms with van der Waals surface area (Å²) >= 11 is 3.22. The van der Waals surface area contributed by atoms with E-state index >= 15 is 0 Å². The average Bonchev–Trinajstić information content (AvgIpc) is 2.84. The molecule has 8 nitrogen and oxygen atoms in total. The van der Waals surface area contributed by atoms with Gasteiger partial charge in [0.15, 0.2) is 0 Å². The van der Waals surface area contributed by atoms with Crippen molar-refractivity contribution in [3.05, 3.63) is 29.3 Å². The van der Waals surface area contributed by atoms with Crippen LogP contribution in [0, 0.1) is 0 Å². The molecule has 1 saturated heterocycles. The quantitative estimate of drug-likeness (QED) is 0.726. The molecule has 0 aliphatic carbocycles. The predicted octanol–water partition coefficient (Wildman–Crippen LogP) is 2.10. The van der Waals surface area contributed by atoms with Crippen LogP contribution in [0.15, 0.2) is 29.3 Å². The Morgan fingerprint density at radius 1 is 0.808 bits per heavy atom.